The van der Waals surface area contributed by atoms with E-state index >= 15 is 0 Å². The van der Waals surface area contributed by atoms with Gasteiger partial charge in [-0.25, -0.2) is 4.99 Å². The fourth-order valence-electron chi connectivity index (χ4n) is 0.0860. The molecule has 0 rings (SSSR count). The predicted octanol–water partition coefficient (Wildman–Crippen LogP) is 0.137. The molecule has 0 unspecified atom stereocenters. The van der Waals surface area contributed by atoms with Crippen LogP contribution in [0.4, 0.5) is 0 Å². The molecule has 6 heavy (non-hydrogen) atoms. The molecule has 0 aromatic rings. The molecule has 0 aliphatic rings. The maximum absolute atomic E-state index is 7.75. The molecule has 2 N–H and O–H groups in total. The molecular weight excluding hydrogens is 80.0 g/mol. The lowest BCUT2D eigenvalue weighted by atomic mass is 11.0. The number of nitrogens with zero attached hydrogens (tertiary/aromatic N) is 1. The van der Waals surface area contributed by atoms with Crippen LogP contribution in [0.2, 0.25) is 0 Å². The number of nitrogens with one attached hydrogen (secondary N) is 1. The Morgan fingerprint density at radius 2 is 2.50 bits per heavy atom. The van der Waals surface area contributed by atoms with E-state index < -0.39 is 0 Å². The Bertz CT molecular complexity index is 59.8. The minimum absolute atomic E-state index is 1.12. The number of hydroxylamine groups is 1. The van der Waals surface area contributed by atoms with Gasteiger partial charge in [-0.05, 0) is 0 Å². The third kappa shape index (κ3) is 3.17. The van der Waals surface area contributed by atoms with Crippen molar-refractivity contribution in [3.05, 3.63) is 12.8 Å². The van der Waals surface area contributed by atoms with E-state index in [0.29, 0.717) is 0 Å². The van der Waals surface area contributed by atoms with E-state index in [4.69, 9.17) is 5.21 Å². The van der Waals surface area contributed by atoms with Gasteiger partial charge in [-0.15, -0.1) is 0 Å². The fourth-order valence-corrected chi connectivity index (χ4v) is 0.0860. The van der Waals surface area contributed by atoms with Gasteiger partial charge in [-0.2, -0.15) is 0 Å². The van der Waals surface area contributed by atoms with E-state index in [0.717, 1.165) is 6.34 Å². The van der Waals surface area contributed by atoms with Gasteiger partial charge in [0.25, 0.3) is 0 Å². The molecule has 0 aliphatic heterocycles. The molecule has 0 bridgehead atoms. The lowest BCUT2D eigenvalue weighted by Gasteiger charge is -1.75. The quantitative estimate of drug-likeness (QED) is 0.285. The molecule has 0 radical (unpaired) electrons. The van der Waals surface area contributed by atoms with Crippen molar-refractivity contribution in [2.24, 2.45) is 4.99 Å². The zero-order valence-electron chi connectivity index (χ0n) is 3.26. The minimum Gasteiger partial charge on any atom is -0.290 e. The Kier molecular flexibility index (Phi) is 3.59. The molecule has 34 valence electrons. The van der Waals surface area contributed by atoms with Gasteiger partial charge >= 0.3 is 0 Å². The van der Waals surface area contributed by atoms with Crippen molar-refractivity contribution in [1.82, 2.24) is 5.48 Å². The Morgan fingerprint density at radius 3 is 2.67 bits per heavy atom. The van der Waals surface area contributed by atoms with Gasteiger partial charge in [0.05, 0.1) is 0 Å². The van der Waals surface area contributed by atoms with Gasteiger partial charge in [0, 0.05) is 6.20 Å². The third-order valence-electron chi connectivity index (χ3n) is 0.238. The summed E-state index contributed by atoms with van der Waals surface area (Å²) in [5, 5.41) is 7.75. The highest BCUT2D eigenvalue weighted by atomic mass is 16.5. The highest BCUT2D eigenvalue weighted by molar-refractivity contribution is 5.52. The normalized spacial score (nSPS) is 8.83. The van der Waals surface area contributed by atoms with E-state index in [1.807, 2.05) is 0 Å². The summed E-state index contributed by atoms with van der Waals surface area (Å²) < 4.78 is 0. The van der Waals surface area contributed by atoms with E-state index in [2.05, 4.69) is 11.6 Å². The monoisotopic (exact) mass is 86.0 g/mol. The SMILES string of the molecule is C=CN=CNO. The maximum Gasteiger partial charge on any atom is 0.112 e. The Balaban J connectivity index is 2.94. The second-order valence-electron chi connectivity index (χ2n) is 0.590. The minimum atomic E-state index is 1.12. The van der Waals surface area contributed by atoms with Crippen LogP contribution >= 0.6 is 0 Å². The molecule has 0 saturated carbocycles. The summed E-state index contributed by atoms with van der Waals surface area (Å²) in [6.45, 7) is 3.25. The first-order chi connectivity index (χ1) is 2.91. The van der Waals surface area contributed by atoms with Crippen molar-refractivity contribution in [3.63, 3.8) is 0 Å². The zero-order valence-corrected chi connectivity index (χ0v) is 3.26. The highest BCUT2D eigenvalue weighted by Crippen LogP contribution is 1.55. The fraction of sp³-hybridized carbons (Fsp3) is 0. The van der Waals surface area contributed by atoms with Crippen LogP contribution in [0, 0.1) is 0 Å². The molecule has 0 spiro atoms. The number of aliphatic imine (C=N–C) groups is 1. The standard InChI is InChI=1S/C3H6N2O/c1-2-4-3-5-6/h2-3,6H,1H2,(H,4,5). The van der Waals surface area contributed by atoms with Crippen molar-refractivity contribution < 1.29 is 5.21 Å². The molecular formula is C3H6N2O. The van der Waals surface area contributed by atoms with Crippen LogP contribution in [0.25, 0.3) is 0 Å². The van der Waals surface area contributed by atoms with E-state index in [1.54, 1.807) is 5.48 Å². The van der Waals surface area contributed by atoms with Gasteiger partial charge in [0.2, 0.25) is 0 Å². The second-order valence-corrected chi connectivity index (χ2v) is 0.590. The Labute approximate surface area is 36.0 Å². The summed E-state index contributed by atoms with van der Waals surface area (Å²) in [7, 11) is 0. The summed E-state index contributed by atoms with van der Waals surface area (Å²) in [6, 6.07) is 0. The molecule has 0 aliphatic carbocycles. The van der Waals surface area contributed by atoms with Gasteiger partial charge in [0.15, 0.2) is 0 Å². The average Bonchev–Trinajstić information content (AvgIpc) is 1.61. The van der Waals surface area contributed by atoms with E-state index in [-0.39, 0.29) is 0 Å². The maximum atomic E-state index is 7.75. The van der Waals surface area contributed by atoms with Crippen molar-refractivity contribution in [2.75, 3.05) is 0 Å². The van der Waals surface area contributed by atoms with Gasteiger partial charge < -0.3 is 0 Å². The first kappa shape index (κ1) is 5.17. The third-order valence-corrected chi connectivity index (χ3v) is 0.238. The summed E-state index contributed by atoms with van der Waals surface area (Å²) >= 11 is 0. The van der Waals surface area contributed by atoms with Crippen molar-refractivity contribution >= 4 is 6.34 Å². The molecule has 3 heteroatoms. The molecule has 0 amide bonds. The molecule has 0 saturated heterocycles. The molecule has 0 aromatic carbocycles. The van der Waals surface area contributed by atoms with Crippen molar-refractivity contribution in [3.8, 4) is 0 Å². The average molecular weight is 86.1 g/mol. The van der Waals surface area contributed by atoms with E-state index in [1.165, 1.54) is 6.20 Å². The van der Waals surface area contributed by atoms with Crippen LogP contribution in [-0.2, 0) is 0 Å². The smallest absolute Gasteiger partial charge is 0.112 e. The van der Waals surface area contributed by atoms with Gasteiger partial charge in [0.1, 0.15) is 6.34 Å². The summed E-state index contributed by atoms with van der Waals surface area (Å²) in [5.41, 5.74) is 1.71. The van der Waals surface area contributed by atoms with Crippen molar-refractivity contribution in [2.45, 2.75) is 0 Å². The van der Waals surface area contributed by atoms with Crippen LogP contribution in [0.3, 0.4) is 0 Å². The van der Waals surface area contributed by atoms with Crippen molar-refractivity contribution in [1.29, 1.82) is 0 Å². The number of hydrogen-bond donors (Lipinski definition) is 2. The Hall–Kier alpha value is -0.830. The van der Waals surface area contributed by atoms with Crippen LogP contribution in [0.5, 0.6) is 0 Å². The van der Waals surface area contributed by atoms with Crippen LogP contribution in [0.1, 0.15) is 0 Å². The first-order valence-corrected chi connectivity index (χ1v) is 1.44. The summed E-state index contributed by atoms with van der Waals surface area (Å²) in [4.78, 5) is 3.37. The zero-order chi connectivity index (χ0) is 4.83. The van der Waals surface area contributed by atoms with Gasteiger partial charge in [-0.1, -0.05) is 6.58 Å². The molecule has 0 aromatic heterocycles. The lowest BCUT2D eigenvalue weighted by molar-refractivity contribution is 0.240. The van der Waals surface area contributed by atoms with Gasteiger partial charge in [-0.3, -0.25) is 10.7 Å². The van der Waals surface area contributed by atoms with Crippen LogP contribution in [0.15, 0.2) is 17.8 Å². The Morgan fingerprint density at radius 1 is 1.83 bits per heavy atom. The number of rotatable bonds is 2. The summed E-state index contributed by atoms with van der Waals surface area (Å²) in [5.74, 6) is 0. The molecule has 0 fully saturated rings. The highest BCUT2D eigenvalue weighted by Gasteiger charge is 1.51. The van der Waals surface area contributed by atoms with E-state index in [9.17, 15) is 0 Å². The predicted molar refractivity (Wildman–Crippen MR) is 23.6 cm³/mol. The van der Waals surface area contributed by atoms with Crippen LogP contribution < -0.4 is 5.48 Å². The summed E-state index contributed by atoms with van der Waals surface area (Å²) in [6.07, 6.45) is 2.43. The largest absolute Gasteiger partial charge is 0.290 e. The number of hydrogen-bond acceptors (Lipinski definition) is 2. The molecule has 3 nitrogen and oxygen atoms in total. The molecule has 0 heterocycles. The second kappa shape index (κ2) is 4.17. The topological polar surface area (TPSA) is 44.6 Å². The van der Waals surface area contributed by atoms with Crippen LogP contribution in [-0.4, -0.2) is 11.5 Å². The first-order valence-electron chi connectivity index (χ1n) is 1.44. The lowest BCUT2D eigenvalue weighted by Crippen LogP contribution is -2.00. The molecule has 0 atom stereocenters.